The van der Waals surface area contributed by atoms with E-state index in [-0.39, 0.29) is 0 Å². The highest BCUT2D eigenvalue weighted by molar-refractivity contribution is 5.13. The van der Waals surface area contributed by atoms with Crippen LogP contribution in [0.1, 0.15) is 18.4 Å². The quantitative estimate of drug-likeness (QED) is 0.762. The van der Waals surface area contributed by atoms with Crippen molar-refractivity contribution in [3.63, 3.8) is 0 Å². The van der Waals surface area contributed by atoms with Gasteiger partial charge in [0.25, 0.3) is 0 Å². The highest BCUT2D eigenvalue weighted by Gasteiger charge is 2.26. The van der Waals surface area contributed by atoms with Crippen molar-refractivity contribution >= 4 is 0 Å². The third kappa shape index (κ3) is 2.91. The normalized spacial score (nSPS) is 24.6. The van der Waals surface area contributed by atoms with Crippen molar-refractivity contribution in [1.29, 1.82) is 0 Å². The van der Waals surface area contributed by atoms with Crippen LogP contribution < -0.4 is 0 Å². The number of ether oxygens (including phenoxy) is 1. The topological polar surface area (TPSA) is 29.5 Å². The van der Waals surface area contributed by atoms with Gasteiger partial charge in [-0.3, -0.25) is 0 Å². The minimum Gasteiger partial charge on any atom is -0.383 e. The van der Waals surface area contributed by atoms with E-state index in [1.54, 1.807) is 0 Å². The average Bonchev–Trinajstić information content (AvgIpc) is 2.67. The summed E-state index contributed by atoms with van der Waals surface area (Å²) >= 11 is 0. The van der Waals surface area contributed by atoms with Crippen LogP contribution in [0.4, 0.5) is 0 Å². The molecule has 2 rings (SSSR count). The predicted molar refractivity (Wildman–Crippen MR) is 59.4 cm³/mol. The van der Waals surface area contributed by atoms with E-state index >= 15 is 0 Å². The summed E-state index contributed by atoms with van der Waals surface area (Å²) in [5.74, 6) is 0. The summed E-state index contributed by atoms with van der Waals surface area (Å²) in [4.78, 5) is 0. The molecule has 1 aromatic rings. The first kappa shape index (κ1) is 10.4. The highest BCUT2D eigenvalue weighted by Crippen LogP contribution is 2.22. The van der Waals surface area contributed by atoms with Gasteiger partial charge in [-0.2, -0.15) is 0 Å². The van der Waals surface area contributed by atoms with E-state index in [0.717, 1.165) is 18.4 Å². The van der Waals surface area contributed by atoms with Crippen molar-refractivity contribution in [3.8, 4) is 0 Å². The maximum absolute atomic E-state index is 9.96. The number of allylic oxidation sites excluding steroid dienone is 1. The number of benzene rings is 1. The van der Waals surface area contributed by atoms with Gasteiger partial charge in [-0.15, -0.1) is 0 Å². The first-order valence-corrected chi connectivity index (χ1v) is 5.30. The highest BCUT2D eigenvalue weighted by atomic mass is 16.5. The number of aliphatic hydroxyl groups is 1. The maximum atomic E-state index is 9.96. The Hall–Kier alpha value is -1.12. The van der Waals surface area contributed by atoms with Gasteiger partial charge in [0.15, 0.2) is 0 Å². The van der Waals surface area contributed by atoms with E-state index < -0.39 is 5.60 Å². The Morgan fingerprint density at radius 3 is 2.73 bits per heavy atom. The van der Waals surface area contributed by atoms with Crippen LogP contribution in [0.2, 0.25) is 0 Å². The summed E-state index contributed by atoms with van der Waals surface area (Å²) < 4.78 is 5.51. The molecular formula is C13H16O2. The molecule has 1 N–H and O–H groups in total. The fourth-order valence-corrected chi connectivity index (χ4v) is 1.76. The van der Waals surface area contributed by atoms with Crippen LogP contribution in [0.5, 0.6) is 0 Å². The summed E-state index contributed by atoms with van der Waals surface area (Å²) in [6.45, 7) is 0.954. The molecular weight excluding hydrogens is 188 g/mol. The van der Waals surface area contributed by atoms with E-state index in [0.29, 0.717) is 13.2 Å². The summed E-state index contributed by atoms with van der Waals surface area (Å²) in [6.07, 6.45) is 5.58. The second-order valence-electron chi connectivity index (χ2n) is 4.02. The zero-order valence-electron chi connectivity index (χ0n) is 8.73. The Morgan fingerprint density at radius 2 is 2.07 bits per heavy atom. The van der Waals surface area contributed by atoms with Gasteiger partial charge >= 0.3 is 0 Å². The lowest BCUT2D eigenvalue weighted by Gasteiger charge is -2.20. The Kier molecular flexibility index (Phi) is 3.19. The average molecular weight is 204 g/mol. The van der Waals surface area contributed by atoms with Crippen LogP contribution in [0.25, 0.3) is 0 Å². The number of hydrogen-bond acceptors (Lipinski definition) is 2. The van der Waals surface area contributed by atoms with Crippen LogP contribution in [0.15, 0.2) is 42.5 Å². The summed E-state index contributed by atoms with van der Waals surface area (Å²) in [6, 6.07) is 10.0. The molecule has 0 saturated carbocycles. The molecule has 0 fully saturated rings. The minimum absolute atomic E-state index is 0.387. The monoisotopic (exact) mass is 204 g/mol. The molecule has 0 aromatic heterocycles. The van der Waals surface area contributed by atoms with Gasteiger partial charge in [0.2, 0.25) is 0 Å². The van der Waals surface area contributed by atoms with Gasteiger partial charge in [-0.05, 0) is 18.4 Å². The third-order valence-corrected chi connectivity index (χ3v) is 2.64. The fraction of sp³-hybridized carbons (Fsp3) is 0.385. The molecule has 80 valence electrons. The van der Waals surface area contributed by atoms with Crippen LogP contribution in [-0.4, -0.2) is 17.3 Å². The molecule has 0 heterocycles. The second kappa shape index (κ2) is 4.60. The minimum atomic E-state index is -0.727. The molecule has 1 aromatic carbocycles. The lowest BCUT2D eigenvalue weighted by molar-refractivity contribution is -0.0194. The standard InChI is InChI=1S/C13H16O2/c14-13(8-4-5-9-13)11-15-10-12-6-2-1-3-7-12/h1-4,6-8,14H,5,9-11H2. The molecule has 0 amide bonds. The summed E-state index contributed by atoms with van der Waals surface area (Å²) in [7, 11) is 0. The smallest absolute Gasteiger partial charge is 0.106 e. The Morgan fingerprint density at radius 1 is 1.27 bits per heavy atom. The van der Waals surface area contributed by atoms with Crippen molar-refractivity contribution in [1.82, 2.24) is 0 Å². The van der Waals surface area contributed by atoms with Gasteiger partial charge in [0, 0.05) is 0 Å². The Labute approximate surface area is 90.2 Å². The number of rotatable bonds is 4. The maximum Gasteiger partial charge on any atom is 0.106 e. The molecule has 1 aliphatic carbocycles. The van der Waals surface area contributed by atoms with E-state index in [4.69, 9.17) is 4.74 Å². The number of hydrogen-bond donors (Lipinski definition) is 1. The second-order valence-corrected chi connectivity index (χ2v) is 4.02. The van der Waals surface area contributed by atoms with E-state index in [9.17, 15) is 5.11 Å². The van der Waals surface area contributed by atoms with Gasteiger partial charge in [-0.25, -0.2) is 0 Å². The summed E-state index contributed by atoms with van der Waals surface area (Å²) in [5.41, 5.74) is 0.414. The van der Waals surface area contributed by atoms with Gasteiger partial charge in [0.05, 0.1) is 13.2 Å². The Balaban J connectivity index is 1.78. The van der Waals surface area contributed by atoms with Crippen molar-refractivity contribution in [2.24, 2.45) is 0 Å². The molecule has 2 heteroatoms. The zero-order valence-corrected chi connectivity index (χ0v) is 8.73. The van der Waals surface area contributed by atoms with Gasteiger partial charge in [-0.1, -0.05) is 42.5 Å². The van der Waals surface area contributed by atoms with Crippen LogP contribution in [0, 0.1) is 0 Å². The fourth-order valence-electron chi connectivity index (χ4n) is 1.76. The lowest BCUT2D eigenvalue weighted by atomic mass is 10.1. The van der Waals surface area contributed by atoms with E-state index in [1.807, 2.05) is 42.5 Å². The van der Waals surface area contributed by atoms with Crippen molar-refractivity contribution in [2.75, 3.05) is 6.61 Å². The molecule has 0 aliphatic heterocycles. The predicted octanol–water partition coefficient (Wildman–Crippen LogP) is 2.28. The molecule has 0 saturated heterocycles. The van der Waals surface area contributed by atoms with E-state index in [1.165, 1.54) is 0 Å². The molecule has 2 nitrogen and oxygen atoms in total. The molecule has 0 spiro atoms. The van der Waals surface area contributed by atoms with Gasteiger partial charge < -0.3 is 9.84 Å². The Bertz CT molecular complexity index is 332. The molecule has 1 aliphatic rings. The van der Waals surface area contributed by atoms with Crippen LogP contribution in [0.3, 0.4) is 0 Å². The van der Waals surface area contributed by atoms with Gasteiger partial charge in [0.1, 0.15) is 5.60 Å². The summed E-state index contributed by atoms with van der Waals surface area (Å²) in [5, 5.41) is 9.96. The SMILES string of the molecule is OC1(COCc2ccccc2)C=CCC1. The van der Waals surface area contributed by atoms with Crippen molar-refractivity contribution in [3.05, 3.63) is 48.0 Å². The first-order chi connectivity index (χ1) is 7.29. The molecule has 1 atom stereocenters. The van der Waals surface area contributed by atoms with Crippen LogP contribution in [-0.2, 0) is 11.3 Å². The molecule has 0 bridgehead atoms. The molecule has 15 heavy (non-hydrogen) atoms. The van der Waals surface area contributed by atoms with Crippen molar-refractivity contribution in [2.45, 2.75) is 25.0 Å². The van der Waals surface area contributed by atoms with Crippen LogP contribution >= 0.6 is 0 Å². The molecule has 1 unspecified atom stereocenters. The largest absolute Gasteiger partial charge is 0.383 e. The van der Waals surface area contributed by atoms with Crippen molar-refractivity contribution < 1.29 is 9.84 Å². The third-order valence-electron chi connectivity index (χ3n) is 2.64. The lowest BCUT2D eigenvalue weighted by Crippen LogP contribution is -2.29. The molecule has 0 radical (unpaired) electrons. The van der Waals surface area contributed by atoms with E-state index in [2.05, 4.69) is 0 Å². The first-order valence-electron chi connectivity index (χ1n) is 5.30. The zero-order chi connectivity index (χ0) is 10.6.